The maximum Gasteiger partial charge on any atom is 0.211 e. The van der Waals surface area contributed by atoms with Gasteiger partial charge in [0.05, 0.1) is 5.92 Å². The maximum absolute atomic E-state index is 11.1. The number of carbonyl (C=O) groups excluding carboxylic acids is 1. The Morgan fingerprint density at radius 1 is 1.41 bits per heavy atom. The van der Waals surface area contributed by atoms with Crippen molar-refractivity contribution >= 4 is 22.2 Å². The molecule has 0 radical (unpaired) electrons. The van der Waals surface area contributed by atoms with Gasteiger partial charge >= 0.3 is 0 Å². The number of halogens is 1. The van der Waals surface area contributed by atoms with Gasteiger partial charge in [-0.3, -0.25) is 10.1 Å². The SMILES string of the molecule is CC(C)(C=O)[C@H](C[N+](=O)[O-])c1ccc(Br)cc1. The smallest absolute Gasteiger partial charge is 0.211 e. The van der Waals surface area contributed by atoms with Gasteiger partial charge in [0.1, 0.15) is 6.29 Å². The molecule has 0 saturated carbocycles. The molecule has 4 nitrogen and oxygen atoms in total. The second kappa shape index (κ2) is 5.40. The standard InChI is InChI=1S/C12H14BrNO3/c1-12(2,8-15)11(7-14(16)17)9-3-5-10(13)6-4-9/h3-6,8,11H,7H2,1-2H3/t11-/m1/s1. The highest BCUT2D eigenvalue weighted by atomic mass is 79.9. The summed E-state index contributed by atoms with van der Waals surface area (Å²) >= 11 is 3.31. The normalized spacial score (nSPS) is 13.1. The van der Waals surface area contributed by atoms with E-state index in [1.165, 1.54) is 0 Å². The van der Waals surface area contributed by atoms with Crippen LogP contribution in [-0.2, 0) is 4.79 Å². The molecule has 1 aromatic rings. The Labute approximate surface area is 108 Å². The summed E-state index contributed by atoms with van der Waals surface area (Å²) in [5, 5.41) is 10.7. The summed E-state index contributed by atoms with van der Waals surface area (Å²) in [6.07, 6.45) is 0.781. The quantitative estimate of drug-likeness (QED) is 0.477. The number of rotatable bonds is 5. The van der Waals surface area contributed by atoms with Gasteiger partial charge in [-0.1, -0.05) is 41.9 Å². The van der Waals surface area contributed by atoms with Gasteiger partial charge in [-0.2, -0.15) is 0 Å². The van der Waals surface area contributed by atoms with Crippen LogP contribution in [0, 0.1) is 15.5 Å². The van der Waals surface area contributed by atoms with Gasteiger partial charge in [0.2, 0.25) is 6.54 Å². The lowest BCUT2D eigenvalue weighted by Crippen LogP contribution is -2.29. The van der Waals surface area contributed by atoms with Crippen molar-refractivity contribution in [1.82, 2.24) is 0 Å². The van der Waals surface area contributed by atoms with Crippen molar-refractivity contribution in [1.29, 1.82) is 0 Å². The lowest BCUT2D eigenvalue weighted by molar-refractivity contribution is -0.485. The number of hydrogen-bond acceptors (Lipinski definition) is 3. The molecule has 5 heteroatoms. The van der Waals surface area contributed by atoms with Gasteiger partial charge in [0.25, 0.3) is 0 Å². The molecular weight excluding hydrogens is 286 g/mol. The second-order valence-corrected chi connectivity index (χ2v) is 5.47. The van der Waals surface area contributed by atoms with E-state index in [1.807, 2.05) is 24.3 Å². The summed E-state index contributed by atoms with van der Waals surface area (Å²) in [6, 6.07) is 7.26. The molecule has 0 unspecified atom stereocenters. The molecule has 0 heterocycles. The van der Waals surface area contributed by atoms with E-state index < -0.39 is 11.3 Å². The molecule has 1 atom stereocenters. The third-order valence-corrected chi connectivity index (χ3v) is 3.33. The van der Waals surface area contributed by atoms with E-state index in [4.69, 9.17) is 0 Å². The highest BCUT2D eigenvalue weighted by Gasteiger charge is 2.34. The molecule has 1 aromatic carbocycles. The molecule has 17 heavy (non-hydrogen) atoms. The van der Waals surface area contributed by atoms with Crippen LogP contribution in [-0.4, -0.2) is 17.8 Å². The summed E-state index contributed by atoms with van der Waals surface area (Å²) in [7, 11) is 0. The van der Waals surface area contributed by atoms with Crippen molar-refractivity contribution in [2.24, 2.45) is 5.41 Å². The number of carbonyl (C=O) groups is 1. The van der Waals surface area contributed by atoms with Crippen LogP contribution in [0.3, 0.4) is 0 Å². The average Bonchev–Trinajstić information content (AvgIpc) is 2.27. The van der Waals surface area contributed by atoms with Gasteiger partial charge < -0.3 is 4.79 Å². The summed E-state index contributed by atoms with van der Waals surface area (Å²) in [4.78, 5) is 21.4. The Kier molecular flexibility index (Phi) is 4.40. The number of nitrogens with zero attached hydrogens (tertiary/aromatic N) is 1. The summed E-state index contributed by atoms with van der Waals surface area (Å²) in [5.74, 6) is -0.414. The molecule has 0 aromatic heterocycles. The monoisotopic (exact) mass is 299 g/mol. The van der Waals surface area contributed by atoms with Crippen LogP contribution in [0.1, 0.15) is 25.3 Å². The Hall–Kier alpha value is -1.23. The Morgan fingerprint density at radius 2 is 1.94 bits per heavy atom. The van der Waals surface area contributed by atoms with Crippen LogP contribution in [0.2, 0.25) is 0 Å². The zero-order chi connectivity index (χ0) is 13.1. The van der Waals surface area contributed by atoms with E-state index in [9.17, 15) is 14.9 Å². The molecule has 0 fully saturated rings. The Balaban J connectivity index is 3.10. The number of aldehydes is 1. The first kappa shape index (κ1) is 13.8. The van der Waals surface area contributed by atoms with E-state index in [0.29, 0.717) is 0 Å². The number of nitro groups is 1. The van der Waals surface area contributed by atoms with Gasteiger partial charge in [-0.15, -0.1) is 0 Å². The molecule has 0 saturated heterocycles. The summed E-state index contributed by atoms with van der Waals surface area (Å²) in [5.41, 5.74) is 0.0583. The van der Waals surface area contributed by atoms with Crippen LogP contribution in [0.5, 0.6) is 0 Å². The number of hydrogen-bond donors (Lipinski definition) is 0. The van der Waals surface area contributed by atoms with Gasteiger partial charge in [-0.25, -0.2) is 0 Å². The topological polar surface area (TPSA) is 60.2 Å². The van der Waals surface area contributed by atoms with Gasteiger partial charge in [0, 0.05) is 14.8 Å². The third kappa shape index (κ3) is 3.63. The largest absolute Gasteiger partial charge is 0.303 e. The fraction of sp³-hybridized carbons (Fsp3) is 0.417. The van der Waals surface area contributed by atoms with Crippen molar-refractivity contribution < 1.29 is 9.72 Å². The van der Waals surface area contributed by atoms with Crippen LogP contribution in [0.15, 0.2) is 28.7 Å². The average molecular weight is 300 g/mol. The van der Waals surface area contributed by atoms with Crippen LogP contribution >= 0.6 is 15.9 Å². The molecule has 0 aliphatic carbocycles. The Bertz CT molecular complexity index is 414. The summed E-state index contributed by atoms with van der Waals surface area (Å²) in [6.45, 7) is 3.19. The van der Waals surface area contributed by atoms with E-state index in [2.05, 4.69) is 15.9 Å². The molecule has 0 N–H and O–H groups in total. The van der Waals surface area contributed by atoms with E-state index in [0.717, 1.165) is 16.3 Å². The molecule has 92 valence electrons. The molecule has 0 aliphatic heterocycles. The molecule has 0 spiro atoms. The van der Waals surface area contributed by atoms with Crippen molar-refractivity contribution in [3.8, 4) is 0 Å². The zero-order valence-electron chi connectivity index (χ0n) is 9.72. The summed E-state index contributed by atoms with van der Waals surface area (Å²) < 4.78 is 0.907. The zero-order valence-corrected chi connectivity index (χ0v) is 11.3. The van der Waals surface area contributed by atoms with Crippen molar-refractivity contribution in [2.45, 2.75) is 19.8 Å². The van der Waals surface area contributed by atoms with E-state index in [-0.39, 0.29) is 11.5 Å². The minimum Gasteiger partial charge on any atom is -0.303 e. The van der Waals surface area contributed by atoms with Gasteiger partial charge in [-0.05, 0) is 17.7 Å². The first-order valence-electron chi connectivity index (χ1n) is 5.20. The van der Waals surface area contributed by atoms with Crippen LogP contribution in [0.25, 0.3) is 0 Å². The van der Waals surface area contributed by atoms with Crippen molar-refractivity contribution in [3.05, 3.63) is 44.4 Å². The first-order valence-corrected chi connectivity index (χ1v) is 5.99. The predicted octanol–water partition coefficient (Wildman–Crippen LogP) is 3.03. The highest BCUT2D eigenvalue weighted by molar-refractivity contribution is 9.10. The minimum atomic E-state index is -0.749. The fourth-order valence-electron chi connectivity index (χ4n) is 1.70. The predicted molar refractivity (Wildman–Crippen MR) is 68.6 cm³/mol. The Morgan fingerprint density at radius 3 is 2.35 bits per heavy atom. The van der Waals surface area contributed by atoms with Crippen molar-refractivity contribution in [3.63, 3.8) is 0 Å². The maximum atomic E-state index is 11.1. The molecule has 1 rings (SSSR count). The minimum absolute atomic E-state index is 0.243. The third-order valence-electron chi connectivity index (χ3n) is 2.81. The van der Waals surface area contributed by atoms with Crippen LogP contribution < -0.4 is 0 Å². The lowest BCUT2D eigenvalue weighted by atomic mass is 9.76. The van der Waals surface area contributed by atoms with Crippen LogP contribution in [0.4, 0.5) is 0 Å². The van der Waals surface area contributed by atoms with E-state index >= 15 is 0 Å². The molecular formula is C12H14BrNO3. The highest BCUT2D eigenvalue weighted by Crippen LogP contribution is 2.34. The van der Waals surface area contributed by atoms with Crippen molar-refractivity contribution in [2.75, 3.05) is 6.54 Å². The molecule has 0 aliphatic rings. The second-order valence-electron chi connectivity index (χ2n) is 4.56. The number of benzene rings is 1. The van der Waals surface area contributed by atoms with Gasteiger partial charge in [0.15, 0.2) is 0 Å². The van der Waals surface area contributed by atoms with E-state index in [1.54, 1.807) is 13.8 Å². The first-order chi connectivity index (χ1) is 7.86. The molecule has 0 amide bonds. The fourth-order valence-corrected chi connectivity index (χ4v) is 1.96. The molecule has 0 bridgehead atoms. The lowest BCUT2D eigenvalue weighted by Gasteiger charge is -2.26.